The van der Waals surface area contributed by atoms with Crippen LogP contribution in [0.3, 0.4) is 0 Å². The van der Waals surface area contributed by atoms with Gasteiger partial charge >= 0.3 is 0 Å². The molecule has 0 aliphatic carbocycles. The molecule has 0 spiro atoms. The van der Waals surface area contributed by atoms with E-state index in [1.54, 1.807) is 24.3 Å². The summed E-state index contributed by atoms with van der Waals surface area (Å²) < 4.78 is 14.6. The largest absolute Gasteiger partial charge is 0.338 e. The molecule has 2 aromatic carbocycles. The molecule has 1 aromatic heterocycles. The minimum absolute atomic E-state index is 0.109. The molecule has 0 radical (unpaired) electrons. The van der Waals surface area contributed by atoms with Crippen LogP contribution in [0.2, 0.25) is 0 Å². The number of H-pyrrole nitrogens is 1. The summed E-state index contributed by atoms with van der Waals surface area (Å²) in [6, 6.07) is 11.9. The molecule has 2 aliphatic rings. The van der Waals surface area contributed by atoms with E-state index in [0.29, 0.717) is 42.4 Å². The second-order valence-electron chi connectivity index (χ2n) is 8.82. The number of hydrogen-bond donors (Lipinski definition) is 1. The highest BCUT2D eigenvalue weighted by atomic mass is 19.1. The van der Waals surface area contributed by atoms with Crippen LogP contribution >= 0.6 is 0 Å². The predicted molar refractivity (Wildman–Crippen MR) is 117 cm³/mol. The Bertz CT molecular complexity index is 1210. The van der Waals surface area contributed by atoms with Gasteiger partial charge in [0.2, 0.25) is 0 Å². The zero-order valence-corrected chi connectivity index (χ0v) is 17.5. The molecule has 2 unspecified atom stereocenters. The fourth-order valence-electron chi connectivity index (χ4n) is 5.03. The van der Waals surface area contributed by atoms with Gasteiger partial charge in [-0.1, -0.05) is 24.3 Å². The highest BCUT2D eigenvalue weighted by molar-refractivity contribution is 5.95. The van der Waals surface area contributed by atoms with E-state index in [2.05, 4.69) is 22.1 Å². The van der Waals surface area contributed by atoms with Gasteiger partial charge in [0, 0.05) is 31.4 Å². The van der Waals surface area contributed by atoms with Crippen molar-refractivity contribution in [3.63, 3.8) is 0 Å². The van der Waals surface area contributed by atoms with Crippen molar-refractivity contribution in [1.29, 1.82) is 0 Å². The van der Waals surface area contributed by atoms with E-state index in [0.717, 1.165) is 30.5 Å². The fourth-order valence-corrected chi connectivity index (χ4v) is 5.03. The van der Waals surface area contributed by atoms with E-state index < -0.39 is 5.82 Å². The third-order valence-corrected chi connectivity index (χ3v) is 6.70. The van der Waals surface area contributed by atoms with Gasteiger partial charge in [-0.15, -0.1) is 0 Å². The normalized spacial score (nSPS) is 21.4. The molecule has 0 saturated carbocycles. The zero-order valence-electron chi connectivity index (χ0n) is 17.5. The lowest BCUT2D eigenvalue weighted by Gasteiger charge is -2.31. The van der Waals surface area contributed by atoms with Crippen LogP contribution in [0.5, 0.6) is 0 Å². The summed E-state index contributed by atoms with van der Waals surface area (Å²) in [4.78, 5) is 29.3. The molecule has 6 nitrogen and oxygen atoms in total. The first-order chi connectivity index (χ1) is 15.0. The maximum atomic E-state index is 14.6. The van der Waals surface area contributed by atoms with Gasteiger partial charge in [-0.3, -0.25) is 9.59 Å². The topological polar surface area (TPSA) is 69.3 Å². The number of halogens is 1. The molecule has 160 valence electrons. The minimum Gasteiger partial charge on any atom is -0.338 e. The Morgan fingerprint density at radius 3 is 2.74 bits per heavy atom. The molecule has 2 aliphatic heterocycles. The van der Waals surface area contributed by atoms with Gasteiger partial charge in [0.05, 0.1) is 16.6 Å². The first kappa shape index (κ1) is 19.9. The number of aromatic nitrogens is 2. The molecule has 1 N–H and O–H groups in total. The predicted octanol–water partition coefficient (Wildman–Crippen LogP) is 2.68. The fraction of sp³-hybridized carbons (Fsp3) is 0.375. The van der Waals surface area contributed by atoms with Gasteiger partial charge in [-0.25, -0.2) is 9.49 Å². The van der Waals surface area contributed by atoms with E-state index in [9.17, 15) is 14.0 Å². The van der Waals surface area contributed by atoms with Crippen molar-refractivity contribution in [3.8, 4) is 0 Å². The molecule has 0 bridgehead atoms. The van der Waals surface area contributed by atoms with Crippen LogP contribution in [0.15, 0.2) is 47.3 Å². The van der Waals surface area contributed by atoms with Crippen LogP contribution in [0.1, 0.15) is 28.0 Å². The third kappa shape index (κ3) is 3.74. The first-order valence-electron chi connectivity index (χ1n) is 10.7. The number of hydrogen-bond acceptors (Lipinski definition) is 4. The van der Waals surface area contributed by atoms with Crippen molar-refractivity contribution in [2.24, 2.45) is 11.8 Å². The number of piperidine rings is 1. The lowest BCUT2D eigenvalue weighted by molar-refractivity contribution is 0.0779. The Kier molecular flexibility index (Phi) is 5.06. The van der Waals surface area contributed by atoms with Crippen molar-refractivity contribution in [2.45, 2.75) is 12.8 Å². The monoisotopic (exact) mass is 420 g/mol. The van der Waals surface area contributed by atoms with Crippen molar-refractivity contribution in [1.82, 2.24) is 20.0 Å². The van der Waals surface area contributed by atoms with Gasteiger partial charge in [0.1, 0.15) is 5.82 Å². The number of amides is 1. The van der Waals surface area contributed by atoms with E-state index in [1.165, 1.54) is 6.07 Å². The van der Waals surface area contributed by atoms with Crippen LogP contribution in [0, 0.1) is 17.7 Å². The SMILES string of the molecule is CN1CCC2CN(C(=O)c3cc(Cc4n[nH]c(=O)c5ccccc45)ccc3F)CC2C1. The standard InChI is InChI=1S/C24H25FN4O2/c1-28-9-8-16-13-29(14-17(16)12-28)24(31)20-10-15(6-7-21(20)25)11-22-18-4-2-3-5-19(18)23(30)27-26-22/h2-7,10,16-17H,8-9,11-14H2,1H3,(H,27,30). The van der Waals surface area contributed by atoms with Crippen LogP contribution in [0.25, 0.3) is 10.8 Å². The number of aromatic amines is 1. The lowest BCUT2D eigenvalue weighted by Crippen LogP contribution is -2.37. The van der Waals surface area contributed by atoms with Gasteiger partial charge < -0.3 is 9.80 Å². The number of rotatable bonds is 3. The van der Waals surface area contributed by atoms with Crippen molar-refractivity contribution < 1.29 is 9.18 Å². The molecule has 2 saturated heterocycles. The summed E-state index contributed by atoms with van der Waals surface area (Å²) in [5, 5.41) is 8.06. The Balaban J connectivity index is 1.41. The van der Waals surface area contributed by atoms with E-state index in [-0.39, 0.29) is 17.0 Å². The molecular weight excluding hydrogens is 395 g/mol. The maximum Gasteiger partial charge on any atom is 0.272 e. The summed E-state index contributed by atoms with van der Waals surface area (Å²) in [5.41, 5.74) is 1.34. The molecule has 1 amide bonds. The second kappa shape index (κ2) is 7.89. The molecule has 2 atom stereocenters. The van der Waals surface area contributed by atoms with Crippen molar-refractivity contribution in [3.05, 3.63) is 75.5 Å². The minimum atomic E-state index is -0.500. The summed E-state index contributed by atoms with van der Waals surface area (Å²) in [6.45, 7) is 3.42. The summed E-state index contributed by atoms with van der Waals surface area (Å²) in [6.07, 6.45) is 1.48. The quantitative estimate of drug-likeness (QED) is 0.707. The summed E-state index contributed by atoms with van der Waals surface area (Å²) >= 11 is 0. The number of benzene rings is 2. The van der Waals surface area contributed by atoms with E-state index in [1.807, 2.05) is 17.0 Å². The van der Waals surface area contributed by atoms with E-state index >= 15 is 0 Å². The first-order valence-corrected chi connectivity index (χ1v) is 10.7. The second-order valence-corrected chi connectivity index (χ2v) is 8.82. The average Bonchev–Trinajstić information content (AvgIpc) is 3.20. The Morgan fingerprint density at radius 1 is 1.13 bits per heavy atom. The molecular formula is C24H25FN4O2. The number of likely N-dealkylation sites (tertiary alicyclic amines) is 2. The van der Waals surface area contributed by atoms with Gasteiger partial charge in [0.25, 0.3) is 11.5 Å². The maximum absolute atomic E-state index is 14.6. The number of nitrogens with one attached hydrogen (secondary N) is 1. The average molecular weight is 420 g/mol. The number of fused-ring (bicyclic) bond motifs is 2. The van der Waals surface area contributed by atoms with Gasteiger partial charge in [0.15, 0.2) is 0 Å². The zero-order chi connectivity index (χ0) is 21.5. The number of nitrogens with zero attached hydrogens (tertiary/aromatic N) is 3. The third-order valence-electron chi connectivity index (χ3n) is 6.70. The van der Waals surface area contributed by atoms with Gasteiger partial charge in [-0.2, -0.15) is 5.10 Å². The number of carbonyl (C=O) groups is 1. The van der Waals surface area contributed by atoms with Crippen molar-refractivity contribution >= 4 is 16.7 Å². The number of carbonyl (C=O) groups excluding carboxylic acids is 1. The van der Waals surface area contributed by atoms with Crippen LogP contribution in [-0.4, -0.2) is 59.1 Å². The molecule has 3 heterocycles. The Morgan fingerprint density at radius 2 is 1.90 bits per heavy atom. The highest BCUT2D eigenvalue weighted by Crippen LogP contribution is 2.32. The van der Waals surface area contributed by atoms with Crippen LogP contribution < -0.4 is 5.56 Å². The molecule has 31 heavy (non-hydrogen) atoms. The molecule has 3 aromatic rings. The summed E-state index contributed by atoms with van der Waals surface area (Å²) in [7, 11) is 2.11. The van der Waals surface area contributed by atoms with E-state index in [4.69, 9.17) is 0 Å². The van der Waals surface area contributed by atoms with Crippen LogP contribution in [-0.2, 0) is 6.42 Å². The summed E-state index contributed by atoms with van der Waals surface area (Å²) in [5.74, 6) is 0.226. The molecule has 2 fully saturated rings. The lowest BCUT2D eigenvalue weighted by atomic mass is 9.89. The smallest absolute Gasteiger partial charge is 0.272 e. The Labute approximate surface area is 179 Å². The highest BCUT2D eigenvalue weighted by Gasteiger charge is 2.38. The molecule has 5 rings (SSSR count). The van der Waals surface area contributed by atoms with Gasteiger partial charge in [-0.05, 0) is 55.6 Å². The van der Waals surface area contributed by atoms with Crippen molar-refractivity contribution in [2.75, 3.05) is 33.2 Å². The Hall–Kier alpha value is -3.06. The molecule has 7 heteroatoms. The van der Waals surface area contributed by atoms with Crippen LogP contribution in [0.4, 0.5) is 4.39 Å².